The Balaban J connectivity index is 1.93. The summed E-state index contributed by atoms with van der Waals surface area (Å²) in [5.74, 6) is -0.0242. The molecule has 0 saturated carbocycles. The zero-order valence-electron chi connectivity index (χ0n) is 9.85. The largest absolute Gasteiger partial charge is 0.433 e. The maximum atomic E-state index is 12.4. The molecule has 0 bridgehead atoms. The van der Waals surface area contributed by atoms with Gasteiger partial charge in [-0.05, 0) is 30.2 Å². The van der Waals surface area contributed by atoms with E-state index in [1.165, 1.54) is 0 Å². The third-order valence-corrected chi connectivity index (χ3v) is 2.39. The summed E-state index contributed by atoms with van der Waals surface area (Å²) in [4.78, 5) is 11.0. The Labute approximate surface area is 107 Å². The molecular formula is C12H11F3N4. The highest BCUT2D eigenvalue weighted by Crippen LogP contribution is 2.27. The van der Waals surface area contributed by atoms with E-state index in [9.17, 15) is 13.2 Å². The number of aromatic nitrogens is 3. The molecule has 19 heavy (non-hydrogen) atoms. The summed E-state index contributed by atoms with van der Waals surface area (Å²) in [5, 5.41) is 2.76. The van der Waals surface area contributed by atoms with Gasteiger partial charge in [-0.3, -0.25) is 4.98 Å². The van der Waals surface area contributed by atoms with Gasteiger partial charge in [-0.15, -0.1) is 0 Å². The molecule has 0 radical (unpaired) electrons. The molecule has 0 aromatic carbocycles. The minimum atomic E-state index is -4.45. The van der Waals surface area contributed by atoms with Crippen molar-refractivity contribution < 1.29 is 13.2 Å². The number of pyridine rings is 1. The van der Waals surface area contributed by atoms with Crippen LogP contribution in [0.25, 0.3) is 0 Å². The van der Waals surface area contributed by atoms with Crippen LogP contribution in [-0.4, -0.2) is 21.5 Å². The molecule has 0 saturated heterocycles. The Bertz CT molecular complexity index is 528. The number of nitrogens with one attached hydrogen (secondary N) is 1. The van der Waals surface area contributed by atoms with E-state index in [0.29, 0.717) is 13.0 Å². The molecule has 2 rings (SSSR count). The first-order chi connectivity index (χ1) is 9.05. The molecule has 4 nitrogen and oxygen atoms in total. The highest BCUT2D eigenvalue weighted by Gasteiger charge is 2.32. The average Bonchev–Trinajstić information content (AvgIpc) is 2.39. The lowest BCUT2D eigenvalue weighted by Gasteiger charge is -2.08. The van der Waals surface area contributed by atoms with Crippen LogP contribution in [0.3, 0.4) is 0 Å². The Kier molecular flexibility index (Phi) is 3.94. The van der Waals surface area contributed by atoms with Gasteiger partial charge >= 0.3 is 6.18 Å². The fourth-order valence-electron chi connectivity index (χ4n) is 1.47. The van der Waals surface area contributed by atoms with Crippen molar-refractivity contribution in [1.82, 2.24) is 15.0 Å². The average molecular weight is 268 g/mol. The fourth-order valence-corrected chi connectivity index (χ4v) is 1.47. The molecule has 0 amide bonds. The van der Waals surface area contributed by atoms with Crippen molar-refractivity contribution in [2.45, 2.75) is 12.6 Å². The van der Waals surface area contributed by atoms with E-state index in [2.05, 4.69) is 20.3 Å². The van der Waals surface area contributed by atoms with Crippen LogP contribution in [0.1, 0.15) is 11.3 Å². The van der Waals surface area contributed by atoms with E-state index in [4.69, 9.17) is 0 Å². The zero-order valence-corrected chi connectivity index (χ0v) is 9.85. The van der Waals surface area contributed by atoms with Crippen molar-refractivity contribution in [3.63, 3.8) is 0 Å². The monoisotopic (exact) mass is 268 g/mol. The summed E-state index contributed by atoms with van der Waals surface area (Å²) < 4.78 is 37.3. The molecule has 2 heterocycles. The van der Waals surface area contributed by atoms with Crippen LogP contribution in [0.2, 0.25) is 0 Å². The first kappa shape index (κ1) is 13.3. The minimum absolute atomic E-state index is 0.0242. The molecule has 100 valence electrons. The molecule has 1 N–H and O–H groups in total. The first-order valence-electron chi connectivity index (χ1n) is 5.59. The van der Waals surface area contributed by atoms with E-state index in [1.54, 1.807) is 12.4 Å². The number of nitrogens with zero attached hydrogens (tertiary/aromatic N) is 3. The van der Waals surface area contributed by atoms with Crippen molar-refractivity contribution in [2.75, 3.05) is 11.9 Å². The molecule has 2 aromatic rings. The predicted molar refractivity (Wildman–Crippen MR) is 63.5 cm³/mol. The second kappa shape index (κ2) is 5.64. The lowest BCUT2D eigenvalue weighted by Crippen LogP contribution is -2.13. The van der Waals surface area contributed by atoms with E-state index in [0.717, 1.165) is 17.8 Å². The third kappa shape index (κ3) is 3.90. The highest BCUT2D eigenvalue weighted by atomic mass is 19.4. The fraction of sp³-hybridized carbons (Fsp3) is 0.250. The van der Waals surface area contributed by atoms with Gasteiger partial charge in [0.1, 0.15) is 5.69 Å². The standard InChI is InChI=1S/C12H11F3N4/c13-12(14,15)10-4-8-18-11(19-10)17-7-3-9-1-5-16-6-2-9/h1-2,4-6,8H,3,7H2,(H,17,18,19). The molecule has 0 fully saturated rings. The normalized spacial score (nSPS) is 11.3. The van der Waals surface area contributed by atoms with E-state index >= 15 is 0 Å². The van der Waals surface area contributed by atoms with Crippen LogP contribution in [0.15, 0.2) is 36.8 Å². The molecule has 7 heteroatoms. The van der Waals surface area contributed by atoms with Crippen LogP contribution < -0.4 is 5.32 Å². The van der Waals surface area contributed by atoms with Gasteiger partial charge < -0.3 is 5.32 Å². The van der Waals surface area contributed by atoms with Gasteiger partial charge in [0.15, 0.2) is 0 Å². The lowest BCUT2D eigenvalue weighted by atomic mass is 10.2. The van der Waals surface area contributed by atoms with Crippen LogP contribution in [0.5, 0.6) is 0 Å². The van der Waals surface area contributed by atoms with Crippen molar-refractivity contribution in [3.05, 3.63) is 48.0 Å². The van der Waals surface area contributed by atoms with Crippen LogP contribution >= 0.6 is 0 Å². The lowest BCUT2D eigenvalue weighted by molar-refractivity contribution is -0.141. The van der Waals surface area contributed by atoms with Crippen molar-refractivity contribution in [2.24, 2.45) is 0 Å². The Morgan fingerprint density at radius 2 is 1.79 bits per heavy atom. The van der Waals surface area contributed by atoms with Gasteiger partial charge in [0.05, 0.1) is 0 Å². The summed E-state index contributed by atoms with van der Waals surface area (Å²) in [5.41, 5.74) is 0.0865. The Morgan fingerprint density at radius 3 is 2.47 bits per heavy atom. The topological polar surface area (TPSA) is 50.7 Å². The van der Waals surface area contributed by atoms with Crippen LogP contribution in [-0.2, 0) is 12.6 Å². The summed E-state index contributed by atoms with van der Waals surface area (Å²) >= 11 is 0. The smallest absolute Gasteiger partial charge is 0.354 e. The summed E-state index contributed by atoms with van der Waals surface area (Å²) in [7, 11) is 0. The molecule has 0 aliphatic rings. The number of anilines is 1. The quantitative estimate of drug-likeness (QED) is 0.925. The maximum absolute atomic E-state index is 12.4. The van der Waals surface area contributed by atoms with E-state index in [-0.39, 0.29) is 5.95 Å². The van der Waals surface area contributed by atoms with E-state index < -0.39 is 11.9 Å². The number of hydrogen-bond acceptors (Lipinski definition) is 4. The van der Waals surface area contributed by atoms with Crippen LogP contribution in [0.4, 0.5) is 19.1 Å². The Hall–Kier alpha value is -2.18. The van der Waals surface area contributed by atoms with E-state index in [1.807, 2.05) is 12.1 Å². The summed E-state index contributed by atoms with van der Waals surface area (Å²) in [6.45, 7) is 0.450. The molecule has 0 atom stereocenters. The number of rotatable bonds is 4. The maximum Gasteiger partial charge on any atom is 0.433 e. The molecule has 0 aliphatic heterocycles. The number of hydrogen-bond donors (Lipinski definition) is 1. The van der Waals surface area contributed by atoms with Gasteiger partial charge in [-0.1, -0.05) is 0 Å². The second-order valence-corrected chi connectivity index (χ2v) is 3.80. The summed E-state index contributed by atoms with van der Waals surface area (Å²) in [6.07, 6.45) is 0.614. The molecule has 0 spiro atoms. The van der Waals surface area contributed by atoms with Crippen molar-refractivity contribution in [3.8, 4) is 0 Å². The minimum Gasteiger partial charge on any atom is -0.354 e. The van der Waals surface area contributed by atoms with Gasteiger partial charge in [0.2, 0.25) is 5.95 Å². The highest BCUT2D eigenvalue weighted by molar-refractivity contribution is 5.26. The molecule has 2 aromatic heterocycles. The first-order valence-corrected chi connectivity index (χ1v) is 5.59. The molecular weight excluding hydrogens is 257 g/mol. The van der Waals surface area contributed by atoms with Gasteiger partial charge in [0.25, 0.3) is 0 Å². The zero-order chi connectivity index (χ0) is 13.7. The third-order valence-electron chi connectivity index (χ3n) is 2.39. The summed E-state index contributed by atoms with van der Waals surface area (Å²) in [6, 6.07) is 4.53. The van der Waals surface area contributed by atoms with Crippen molar-refractivity contribution in [1.29, 1.82) is 0 Å². The second-order valence-electron chi connectivity index (χ2n) is 3.80. The predicted octanol–water partition coefficient (Wildman–Crippen LogP) is 2.54. The van der Waals surface area contributed by atoms with Gasteiger partial charge in [-0.25, -0.2) is 9.97 Å². The van der Waals surface area contributed by atoms with Crippen LogP contribution in [0, 0.1) is 0 Å². The van der Waals surface area contributed by atoms with Gasteiger partial charge in [-0.2, -0.15) is 13.2 Å². The Morgan fingerprint density at radius 1 is 1.05 bits per heavy atom. The number of halogens is 3. The molecule has 0 unspecified atom stereocenters. The SMILES string of the molecule is FC(F)(F)c1ccnc(NCCc2ccncc2)n1. The van der Waals surface area contributed by atoms with Crippen molar-refractivity contribution >= 4 is 5.95 Å². The van der Waals surface area contributed by atoms with Gasteiger partial charge in [0, 0.05) is 25.1 Å². The number of alkyl halides is 3. The molecule has 0 aliphatic carbocycles.